The normalized spacial score (nSPS) is 19.8. The summed E-state index contributed by atoms with van der Waals surface area (Å²) < 4.78 is 11.1. The maximum atomic E-state index is 13.0. The van der Waals surface area contributed by atoms with Gasteiger partial charge in [0.2, 0.25) is 0 Å². The van der Waals surface area contributed by atoms with Crippen LogP contribution in [-0.2, 0) is 16.0 Å². The number of anilines is 1. The molecule has 0 radical (unpaired) electrons. The monoisotopic (exact) mass is 392 g/mol. The molecule has 2 heterocycles. The van der Waals surface area contributed by atoms with Gasteiger partial charge in [0.25, 0.3) is 11.8 Å². The lowest BCUT2D eigenvalue weighted by atomic mass is 10.0. The van der Waals surface area contributed by atoms with Crippen molar-refractivity contribution < 1.29 is 23.9 Å². The Balaban J connectivity index is 1.65. The Hall–Kier alpha value is -3.61. The van der Waals surface area contributed by atoms with Crippen molar-refractivity contribution in [1.29, 1.82) is 0 Å². The van der Waals surface area contributed by atoms with Gasteiger partial charge in [-0.2, -0.15) is 0 Å². The van der Waals surface area contributed by atoms with Crippen LogP contribution in [0.25, 0.3) is 6.08 Å². The molecule has 0 saturated carbocycles. The number of nitrogens with zero attached hydrogens (tertiary/aromatic N) is 1. The molecule has 2 aromatic carbocycles. The van der Waals surface area contributed by atoms with Crippen molar-refractivity contribution in [3.63, 3.8) is 0 Å². The zero-order valence-corrected chi connectivity index (χ0v) is 16.1. The van der Waals surface area contributed by atoms with Crippen LogP contribution in [0.4, 0.5) is 10.5 Å². The number of amides is 4. The molecule has 0 spiro atoms. The molecule has 0 aliphatic carbocycles. The highest BCUT2D eigenvalue weighted by Gasteiger charge is 2.36. The van der Waals surface area contributed by atoms with Gasteiger partial charge in [-0.15, -0.1) is 0 Å². The number of barbiturate groups is 1. The molecule has 2 aromatic rings. The van der Waals surface area contributed by atoms with Crippen molar-refractivity contribution in [2.75, 3.05) is 11.5 Å². The number of ether oxygens (including phenoxy) is 2. The van der Waals surface area contributed by atoms with Crippen LogP contribution >= 0.6 is 0 Å². The molecule has 29 heavy (non-hydrogen) atoms. The number of imide groups is 2. The number of rotatable bonds is 4. The average Bonchev–Trinajstić information content (AvgIpc) is 3.06. The third-order valence-electron chi connectivity index (χ3n) is 4.74. The SMILES string of the molecule is CCOc1ccc(N2C(=O)NC(=O)/C(=C\c3ccc4c(c3)C[C@H](C)O4)C2=O)cc1. The Bertz CT molecular complexity index is 1030. The minimum atomic E-state index is -0.780. The van der Waals surface area contributed by atoms with Crippen molar-refractivity contribution in [3.05, 3.63) is 59.2 Å². The van der Waals surface area contributed by atoms with Gasteiger partial charge in [0.1, 0.15) is 23.2 Å². The van der Waals surface area contributed by atoms with E-state index >= 15 is 0 Å². The summed E-state index contributed by atoms with van der Waals surface area (Å²) in [6.45, 7) is 4.36. The molecule has 0 aromatic heterocycles. The summed E-state index contributed by atoms with van der Waals surface area (Å²) in [6, 6.07) is 11.3. The summed E-state index contributed by atoms with van der Waals surface area (Å²) in [5, 5.41) is 2.23. The molecule has 1 atom stereocenters. The van der Waals surface area contributed by atoms with Gasteiger partial charge in [-0.1, -0.05) is 6.07 Å². The molecule has 7 nitrogen and oxygen atoms in total. The first-order chi connectivity index (χ1) is 14.0. The second-order valence-corrected chi connectivity index (χ2v) is 6.88. The largest absolute Gasteiger partial charge is 0.494 e. The number of hydrogen-bond donors (Lipinski definition) is 1. The molecule has 0 bridgehead atoms. The Morgan fingerprint density at radius 2 is 1.93 bits per heavy atom. The van der Waals surface area contributed by atoms with Gasteiger partial charge in [0.05, 0.1) is 12.3 Å². The fourth-order valence-electron chi connectivity index (χ4n) is 3.45. The number of carbonyl (C=O) groups excluding carboxylic acids is 3. The van der Waals surface area contributed by atoms with Crippen LogP contribution in [0.3, 0.4) is 0 Å². The lowest BCUT2D eigenvalue weighted by Gasteiger charge is -2.26. The molecule has 4 rings (SSSR count). The standard InChI is InChI=1S/C22H20N2O5/c1-3-28-17-7-5-16(6-8-17)24-21(26)18(20(25)23-22(24)27)12-14-4-9-19-15(11-14)10-13(2)29-19/h4-9,11-13H,3,10H2,1-2H3,(H,23,25,27)/b18-12+/t13-/m0/s1. The van der Waals surface area contributed by atoms with E-state index in [0.29, 0.717) is 23.6 Å². The third-order valence-corrected chi connectivity index (χ3v) is 4.74. The smallest absolute Gasteiger partial charge is 0.335 e. The topological polar surface area (TPSA) is 84.9 Å². The van der Waals surface area contributed by atoms with E-state index in [-0.39, 0.29) is 11.7 Å². The van der Waals surface area contributed by atoms with Crippen molar-refractivity contribution in [2.24, 2.45) is 0 Å². The molecular formula is C22H20N2O5. The number of nitrogens with one attached hydrogen (secondary N) is 1. The van der Waals surface area contributed by atoms with E-state index in [4.69, 9.17) is 9.47 Å². The highest BCUT2D eigenvalue weighted by Crippen LogP contribution is 2.30. The van der Waals surface area contributed by atoms with E-state index in [9.17, 15) is 14.4 Å². The zero-order chi connectivity index (χ0) is 20.5. The van der Waals surface area contributed by atoms with Crippen LogP contribution in [0.2, 0.25) is 0 Å². The van der Waals surface area contributed by atoms with Gasteiger partial charge in [-0.3, -0.25) is 14.9 Å². The van der Waals surface area contributed by atoms with Crippen LogP contribution in [-0.4, -0.2) is 30.6 Å². The number of urea groups is 1. The van der Waals surface area contributed by atoms with E-state index < -0.39 is 17.8 Å². The first kappa shape index (κ1) is 18.7. The Morgan fingerprint density at radius 1 is 1.17 bits per heavy atom. The molecule has 0 unspecified atom stereocenters. The van der Waals surface area contributed by atoms with Gasteiger partial charge < -0.3 is 9.47 Å². The summed E-state index contributed by atoms with van der Waals surface area (Å²) in [5.41, 5.74) is 1.96. The van der Waals surface area contributed by atoms with Crippen LogP contribution < -0.4 is 19.7 Å². The number of benzene rings is 2. The molecule has 1 N–H and O–H groups in total. The molecule has 7 heteroatoms. The molecular weight excluding hydrogens is 372 g/mol. The lowest BCUT2D eigenvalue weighted by molar-refractivity contribution is -0.122. The van der Waals surface area contributed by atoms with Crippen LogP contribution in [0.1, 0.15) is 25.0 Å². The van der Waals surface area contributed by atoms with Crippen LogP contribution in [0.5, 0.6) is 11.5 Å². The van der Waals surface area contributed by atoms with Crippen molar-refractivity contribution >= 4 is 29.6 Å². The van der Waals surface area contributed by atoms with E-state index in [1.807, 2.05) is 26.0 Å². The van der Waals surface area contributed by atoms with Crippen molar-refractivity contribution in [2.45, 2.75) is 26.4 Å². The zero-order valence-electron chi connectivity index (χ0n) is 16.1. The molecule has 1 saturated heterocycles. The highest BCUT2D eigenvalue weighted by atomic mass is 16.5. The summed E-state index contributed by atoms with van der Waals surface area (Å²) in [7, 11) is 0. The Labute approximate surface area is 167 Å². The first-order valence-corrected chi connectivity index (χ1v) is 9.40. The molecule has 148 valence electrons. The molecule has 1 fully saturated rings. The maximum Gasteiger partial charge on any atom is 0.335 e. The third kappa shape index (κ3) is 3.59. The van der Waals surface area contributed by atoms with Gasteiger partial charge in [-0.25, -0.2) is 9.69 Å². The predicted octanol–water partition coefficient (Wildman–Crippen LogP) is 3.08. The average molecular weight is 392 g/mol. The van der Waals surface area contributed by atoms with E-state index in [1.165, 1.54) is 6.08 Å². The van der Waals surface area contributed by atoms with E-state index in [0.717, 1.165) is 22.6 Å². The van der Waals surface area contributed by atoms with Crippen LogP contribution in [0, 0.1) is 0 Å². The Kier molecular flexibility index (Phi) is 4.80. The summed E-state index contributed by atoms with van der Waals surface area (Å²) in [6.07, 6.45) is 2.36. The van der Waals surface area contributed by atoms with Crippen molar-refractivity contribution in [1.82, 2.24) is 5.32 Å². The number of fused-ring (bicyclic) bond motifs is 1. The highest BCUT2D eigenvalue weighted by molar-refractivity contribution is 6.39. The minimum absolute atomic E-state index is 0.0975. The number of carbonyl (C=O) groups is 3. The van der Waals surface area contributed by atoms with Gasteiger partial charge in [-0.05, 0) is 67.4 Å². The fraction of sp³-hybridized carbons (Fsp3) is 0.227. The van der Waals surface area contributed by atoms with Crippen molar-refractivity contribution in [3.8, 4) is 11.5 Å². The maximum absolute atomic E-state index is 13.0. The van der Waals surface area contributed by atoms with Gasteiger partial charge in [0, 0.05) is 6.42 Å². The molecule has 4 amide bonds. The number of hydrogen-bond acceptors (Lipinski definition) is 5. The summed E-state index contributed by atoms with van der Waals surface area (Å²) in [4.78, 5) is 38.6. The second-order valence-electron chi connectivity index (χ2n) is 6.88. The van der Waals surface area contributed by atoms with Crippen LogP contribution in [0.15, 0.2) is 48.0 Å². The minimum Gasteiger partial charge on any atom is -0.494 e. The lowest BCUT2D eigenvalue weighted by Crippen LogP contribution is -2.54. The second kappa shape index (κ2) is 7.43. The molecule has 2 aliphatic rings. The van der Waals surface area contributed by atoms with E-state index in [2.05, 4.69) is 5.32 Å². The predicted molar refractivity (Wildman–Crippen MR) is 107 cm³/mol. The first-order valence-electron chi connectivity index (χ1n) is 9.40. The van der Waals surface area contributed by atoms with E-state index in [1.54, 1.807) is 30.3 Å². The van der Waals surface area contributed by atoms with Gasteiger partial charge in [0.15, 0.2) is 0 Å². The Morgan fingerprint density at radius 3 is 2.66 bits per heavy atom. The summed E-state index contributed by atoms with van der Waals surface area (Å²) in [5.74, 6) is 0.0492. The summed E-state index contributed by atoms with van der Waals surface area (Å²) >= 11 is 0. The molecule has 2 aliphatic heterocycles. The fourth-order valence-corrected chi connectivity index (χ4v) is 3.45. The quantitative estimate of drug-likeness (QED) is 0.639. The van der Waals surface area contributed by atoms with Gasteiger partial charge >= 0.3 is 6.03 Å².